The van der Waals surface area contributed by atoms with Crippen molar-refractivity contribution in [2.24, 2.45) is 0 Å². The number of hydrogen-bond donors (Lipinski definition) is 1. The molecule has 1 N–H and O–H groups in total. The molecule has 19 heavy (non-hydrogen) atoms. The topological polar surface area (TPSA) is 42.0 Å². The summed E-state index contributed by atoms with van der Waals surface area (Å²) < 4.78 is 14.0. The third-order valence-electron chi connectivity index (χ3n) is 2.23. The maximum absolute atomic E-state index is 13.6. The van der Waals surface area contributed by atoms with Gasteiger partial charge in [-0.05, 0) is 40.2 Å². The molecule has 0 aliphatic rings. The fourth-order valence-corrected chi connectivity index (χ4v) is 2.15. The molecule has 1 amide bonds. The number of hydrogen-bond acceptors (Lipinski definition) is 2. The highest BCUT2D eigenvalue weighted by Gasteiger charge is 2.16. The minimum Gasteiger partial charge on any atom is -0.317 e. The van der Waals surface area contributed by atoms with Crippen molar-refractivity contribution in [2.45, 2.75) is 0 Å². The van der Waals surface area contributed by atoms with Crippen LogP contribution in [0.1, 0.15) is 10.5 Å². The molecular weight excluding hydrogens is 358 g/mol. The highest BCUT2D eigenvalue weighted by atomic mass is 79.9. The zero-order valence-corrected chi connectivity index (χ0v) is 12.4. The Hall–Kier alpha value is -1.17. The number of rotatable bonds is 2. The zero-order chi connectivity index (χ0) is 14.0. The van der Waals surface area contributed by atoms with Gasteiger partial charge in [-0.1, -0.05) is 29.3 Å². The largest absolute Gasteiger partial charge is 0.317 e. The number of para-hydroxylation sites is 1. The number of aromatic nitrogens is 1. The number of pyridine rings is 1. The van der Waals surface area contributed by atoms with Crippen molar-refractivity contribution in [3.05, 3.63) is 56.5 Å². The fourth-order valence-electron chi connectivity index (χ4n) is 1.37. The number of anilines is 1. The molecule has 3 nitrogen and oxygen atoms in total. The summed E-state index contributed by atoms with van der Waals surface area (Å²) >= 11 is 14.7. The molecule has 1 heterocycles. The smallest absolute Gasteiger partial charge is 0.275 e. The van der Waals surface area contributed by atoms with Crippen LogP contribution in [-0.2, 0) is 0 Å². The third kappa shape index (κ3) is 3.23. The Morgan fingerprint density at radius 2 is 2.00 bits per heavy atom. The summed E-state index contributed by atoms with van der Waals surface area (Å²) in [5.74, 6) is -1.21. The molecule has 2 aromatic rings. The average Bonchev–Trinajstić information content (AvgIpc) is 2.37. The molecule has 98 valence electrons. The summed E-state index contributed by atoms with van der Waals surface area (Å²) in [4.78, 5) is 15.8. The third-order valence-corrected chi connectivity index (χ3v) is 3.40. The van der Waals surface area contributed by atoms with Crippen LogP contribution in [0.2, 0.25) is 10.2 Å². The number of carbonyl (C=O) groups is 1. The van der Waals surface area contributed by atoms with Crippen LogP contribution in [0.15, 0.2) is 34.8 Å². The summed E-state index contributed by atoms with van der Waals surface area (Å²) in [6.07, 6.45) is 0. The van der Waals surface area contributed by atoms with Crippen LogP contribution in [0.3, 0.4) is 0 Å². The number of amides is 1. The fraction of sp³-hybridized carbons (Fsp3) is 0. The Kier molecular flexibility index (Phi) is 4.39. The average molecular weight is 364 g/mol. The molecule has 0 radical (unpaired) electrons. The van der Waals surface area contributed by atoms with E-state index in [1.165, 1.54) is 24.3 Å². The van der Waals surface area contributed by atoms with Crippen molar-refractivity contribution >= 4 is 50.7 Å². The Morgan fingerprint density at radius 1 is 1.26 bits per heavy atom. The first-order chi connectivity index (χ1) is 8.99. The first kappa shape index (κ1) is 14.2. The van der Waals surface area contributed by atoms with E-state index in [1.54, 1.807) is 6.07 Å². The molecule has 0 spiro atoms. The Balaban J connectivity index is 2.34. The molecule has 2 rings (SSSR count). The van der Waals surface area contributed by atoms with Gasteiger partial charge >= 0.3 is 0 Å². The van der Waals surface area contributed by atoms with E-state index < -0.39 is 11.7 Å². The van der Waals surface area contributed by atoms with E-state index in [9.17, 15) is 9.18 Å². The molecule has 0 aliphatic carbocycles. The number of benzene rings is 1. The Morgan fingerprint density at radius 3 is 2.68 bits per heavy atom. The van der Waals surface area contributed by atoms with Crippen molar-refractivity contribution in [3.8, 4) is 0 Å². The first-order valence-electron chi connectivity index (χ1n) is 5.06. The van der Waals surface area contributed by atoms with Gasteiger partial charge in [-0.2, -0.15) is 0 Å². The second-order valence-electron chi connectivity index (χ2n) is 3.52. The summed E-state index contributed by atoms with van der Waals surface area (Å²) in [6.45, 7) is 0. The van der Waals surface area contributed by atoms with Gasteiger partial charge in [-0.15, -0.1) is 0 Å². The van der Waals surface area contributed by atoms with Crippen molar-refractivity contribution in [1.29, 1.82) is 0 Å². The molecule has 1 aromatic heterocycles. The summed E-state index contributed by atoms with van der Waals surface area (Å²) in [6, 6.07) is 7.25. The molecule has 0 atom stereocenters. The minimum absolute atomic E-state index is 0.0188. The van der Waals surface area contributed by atoms with E-state index in [-0.39, 0.29) is 21.6 Å². The second-order valence-corrected chi connectivity index (χ2v) is 5.16. The van der Waals surface area contributed by atoms with Crippen LogP contribution in [0.4, 0.5) is 10.1 Å². The molecule has 0 unspecified atom stereocenters. The monoisotopic (exact) mass is 362 g/mol. The molecule has 0 fully saturated rings. The lowest BCUT2D eigenvalue weighted by molar-refractivity contribution is 0.102. The van der Waals surface area contributed by atoms with Crippen molar-refractivity contribution in [3.63, 3.8) is 0 Å². The van der Waals surface area contributed by atoms with Gasteiger partial charge in [0, 0.05) is 4.47 Å². The quantitative estimate of drug-likeness (QED) is 0.795. The van der Waals surface area contributed by atoms with E-state index in [1.807, 2.05) is 0 Å². The lowest BCUT2D eigenvalue weighted by Gasteiger charge is -2.09. The number of nitrogens with one attached hydrogen (secondary N) is 1. The van der Waals surface area contributed by atoms with E-state index in [4.69, 9.17) is 23.2 Å². The van der Waals surface area contributed by atoms with Crippen LogP contribution < -0.4 is 5.32 Å². The standard InChI is InChI=1S/C12H6BrCl2FN2O/c13-6-2-1-3-8(16)10(6)18-12(19)11-7(14)4-5-9(15)17-11/h1-5H,(H,18,19). The molecule has 0 bridgehead atoms. The van der Waals surface area contributed by atoms with E-state index in [0.717, 1.165) is 0 Å². The minimum atomic E-state index is -0.640. The SMILES string of the molecule is O=C(Nc1c(F)cccc1Br)c1nc(Cl)ccc1Cl. The van der Waals surface area contributed by atoms with Crippen molar-refractivity contribution in [1.82, 2.24) is 4.98 Å². The molecule has 0 aliphatic heterocycles. The number of nitrogens with zero attached hydrogens (tertiary/aromatic N) is 1. The second kappa shape index (κ2) is 5.86. The van der Waals surface area contributed by atoms with Crippen LogP contribution in [0.5, 0.6) is 0 Å². The highest BCUT2D eigenvalue weighted by molar-refractivity contribution is 9.10. The van der Waals surface area contributed by atoms with Crippen LogP contribution >= 0.6 is 39.1 Å². The predicted molar refractivity (Wildman–Crippen MR) is 76.3 cm³/mol. The maximum Gasteiger partial charge on any atom is 0.275 e. The van der Waals surface area contributed by atoms with E-state index in [2.05, 4.69) is 26.2 Å². The van der Waals surface area contributed by atoms with Crippen LogP contribution in [0.25, 0.3) is 0 Å². The lowest BCUT2D eigenvalue weighted by atomic mass is 10.3. The number of carbonyl (C=O) groups excluding carboxylic acids is 1. The predicted octanol–water partition coefficient (Wildman–Crippen LogP) is 4.54. The molecule has 1 aromatic carbocycles. The maximum atomic E-state index is 13.6. The van der Waals surface area contributed by atoms with E-state index >= 15 is 0 Å². The van der Waals surface area contributed by atoms with Crippen LogP contribution in [-0.4, -0.2) is 10.9 Å². The Bertz CT molecular complexity index is 631. The number of halogens is 4. The first-order valence-corrected chi connectivity index (χ1v) is 6.61. The molecular formula is C12H6BrCl2FN2O. The van der Waals surface area contributed by atoms with Crippen molar-refractivity contribution < 1.29 is 9.18 Å². The molecule has 0 saturated carbocycles. The zero-order valence-electron chi connectivity index (χ0n) is 9.25. The summed E-state index contributed by atoms with van der Waals surface area (Å²) in [5, 5.41) is 2.66. The van der Waals surface area contributed by atoms with Gasteiger partial charge in [0.2, 0.25) is 0 Å². The van der Waals surface area contributed by atoms with Crippen molar-refractivity contribution in [2.75, 3.05) is 5.32 Å². The normalized spacial score (nSPS) is 10.3. The Labute approximate surface area is 126 Å². The van der Waals surface area contributed by atoms with Gasteiger partial charge < -0.3 is 5.32 Å². The van der Waals surface area contributed by atoms with Gasteiger partial charge in [-0.25, -0.2) is 9.37 Å². The van der Waals surface area contributed by atoms with E-state index in [0.29, 0.717) is 4.47 Å². The van der Waals surface area contributed by atoms with Gasteiger partial charge in [0.15, 0.2) is 0 Å². The lowest BCUT2D eigenvalue weighted by Crippen LogP contribution is -2.15. The highest BCUT2D eigenvalue weighted by Crippen LogP contribution is 2.26. The molecule has 0 saturated heterocycles. The summed E-state index contributed by atoms with van der Waals surface area (Å²) in [7, 11) is 0. The van der Waals surface area contributed by atoms with Gasteiger partial charge in [0.1, 0.15) is 16.7 Å². The molecule has 7 heteroatoms. The van der Waals surface area contributed by atoms with Crippen LogP contribution in [0, 0.1) is 5.82 Å². The summed E-state index contributed by atoms with van der Waals surface area (Å²) in [5.41, 5.74) is -0.0466. The van der Waals surface area contributed by atoms with Gasteiger partial charge in [0.25, 0.3) is 5.91 Å². The van der Waals surface area contributed by atoms with Gasteiger partial charge in [-0.3, -0.25) is 4.79 Å². The van der Waals surface area contributed by atoms with Gasteiger partial charge in [0.05, 0.1) is 10.7 Å².